The van der Waals surface area contributed by atoms with Gasteiger partial charge in [0.05, 0.1) is 0 Å². The molecular weight excluding hydrogens is 340 g/mol. The Balaban J connectivity index is 1.36. The quantitative estimate of drug-likeness (QED) is 0.838. The summed E-state index contributed by atoms with van der Waals surface area (Å²) in [5.41, 5.74) is 0. The molecule has 1 amide bonds. The van der Waals surface area contributed by atoms with Crippen LogP contribution >= 0.6 is 11.6 Å². The maximum absolute atomic E-state index is 12.7. The molecule has 0 radical (unpaired) electrons. The predicted octanol–water partition coefficient (Wildman–Crippen LogP) is 3.43. The molecule has 1 aromatic carbocycles. The van der Waals surface area contributed by atoms with Crippen molar-refractivity contribution >= 4 is 17.5 Å². The Morgan fingerprint density at radius 3 is 3.04 bits per heavy atom. The lowest BCUT2D eigenvalue weighted by Gasteiger charge is -2.37. The standard InChI is InChI=1S/C19H21ClN2O3/c20-14-3-1-5-16(11-14)24-13-17-6-7-18(25-17)19(23)22-10-9-21-8-2-4-15(21)12-22/h1,3,5-7,11,15H,2,4,8-10,12-13H2. The van der Waals surface area contributed by atoms with E-state index in [9.17, 15) is 4.79 Å². The zero-order chi connectivity index (χ0) is 17.2. The summed E-state index contributed by atoms with van der Waals surface area (Å²) < 4.78 is 11.4. The summed E-state index contributed by atoms with van der Waals surface area (Å²) in [5.74, 6) is 1.66. The highest BCUT2D eigenvalue weighted by molar-refractivity contribution is 6.30. The number of nitrogens with zero attached hydrogens (tertiary/aromatic N) is 2. The van der Waals surface area contributed by atoms with E-state index in [-0.39, 0.29) is 12.5 Å². The lowest BCUT2D eigenvalue weighted by molar-refractivity contribution is 0.0538. The first-order chi connectivity index (χ1) is 12.2. The fourth-order valence-electron chi connectivity index (χ4n) is 3.61. The zero-order valence-corrected chi connectivity index (χ0v) is 14.7. The van der Waals surface area contributed by atoms with Crippen molar-refractivity contribution in [2.75, 3.05) is 26.2 Å². The number of hydrogen-bond acceptors (Lipinski definition) is 4. The number of carbonyl (C=O) groups excluding carboxylic acids is 1. The number of amides is 1. The molecule has 1 unspecified atom stereocenters. The Hall–Kier alpha value is -1.98. The van der Waals surface area contributed by atoms with Crippen LogP contribution in [0.4, 0.5) is 0 Å². The number of ether oxygens (including phenoxy) is 1. The van der Waals surface area contributed by atoms with Crippen LogP contribution in [0.2, 0.25) is 5.02 Å². The molecular formula is C19H21ClN2O3. The number of rotatable bonds is 4. The van der Waals surface area contributed by atoms with Crippen molar-refractivity contribution in [3.8, 4) is 5.75 Å². The lowest BCUT2D eigenvalue weighted by atomic mass is 10.1. The predicted molar refractivity (Wildman–Crippen MR) is 95.0 cm³/mol. The van der Waals surface area contributed by atoms with Gasteiger partial charge in [-0.1, -0.05) is 17.7 Å². The minimum absolute atomic E-state index is 0.0273. The van der Waals surface area contributed by atoms with Gasteiger partial charge >= 0.3 is 0 Å². The number of piperazine rings is 1. The summed E-state index contributed by atoms with van der Waals surface area (Å²) >= 11 is 5.94. The molecule has 2 aliphatic heterocycles. The third kappa shape index (κ3) is 3.67. The van der Waals surface area contributed by atoms with Gasteiger partial charge in [0.2, 0.25) is 0 Å². The van der Waals surface area contributed by atoms with Crippen LogP contribution in [-0.2, 0) is 6.61 Å². The van der Waals surface area contributed by atoms with Gasteiger partial charge in [-0.25, -0.2) is 0 Å². The molecule has 2 aromatic rings. The molecule has 6 heteroatoms. The summed E-state index contributed by atoms with van der Waals surface area (Å²) in [6.07, 6.45) is 2.42. The third-order valence-electron chi connectivity index (χ3n) is 4.92. The van der Waals surface area contributed by atoms with Gasteiger partial charge in [-0.15, -0.1) is 0 Å². The number of fused-ring (bicyclic) bond motifs is 1. The van der Waals surface area contributed by atoms with Gasteiger partial charge in [0, 0.05) is 30.7 Å². The third-order valence-corrected chi connectivity index (χ3v) is 5.16. The molecule has 0 aliphatic carbocycles. The van der Waals surface area contributed by atoms with Gasteiger partial charge in [-0.2, -0.15) is 0 Å². The maximum Gasteiger partial charge on any atom is 0.289 e. The molecule has 2 aliphatic rings. The number of furan rings is 1. The summed E-state index contributed by atoms with van der Waals surface area (Å²) in [7, 11) is 0. The van der Waals surface area contributed by atoms with Crippen LogP contribution in [0.5, 0.6) is 5.75 Å². The first-order valence-corrected chi connectivity index (χ1v) is 9.07. The van der Waals surface area contributed by atoms with E-state index in [4.69, 9.17) is 20.8 Å². The SMILES string of the molecule is O=C(c1ccc(COc2cccc(Cl)c2)o1)N1CCN2CCCC2C1. The van der Waals surface area contributed by atoms with Crippen LogP contribution in [0.15, 0.2) is 40.8 Å². The van der Waals surface area contributed by atoms with Crippen molar-refractivity contribution in [1.82, 2.24) is 9.80 Å². The number of hydrogen-bond donors (Lipinski definition) is 0. The van der Waals surface area contributed by atoms with E-state index < -0.39 is 0 Å². The molecule has 1 atom stereocenters. The molecule has 3 heterocycles. The topological polar surface area (TPSA) is 45.9 Å². The highest BCUT2D eigenvalue weighted by Crippen LogP contribution is 2.23. The van der Waals surface area contributed by atoms with Crippen molar-refractivity contribution in [1.29, 1.82) is 0 Å². The first kappa shape index (κ1) is 16.5. The van der Waals surface area contributed by atoms with Gasteiger partial charge in [-0.3, -0.25) is 9.69 Å². The van der Waals surface area contributed by atoms with Crippen LogP contribution in [0.3, 0.4) is 0 Å². The minimum Gasteiger partial charge on any atom is -0.486 e. The first-order valence-electron chi connectivity index (χ1n) is 8.69. The van der Waals surface area contributed by atoms with E-state index in [1.165, 1.54) is 19.4 Å². The smallest absolute Gasteiger partial charge is 0.289 e. The second kappa shape index (κ2) is 7.10. The maximum atomic E-state index is 12.7. The van der Waals surface area contributed by atoms with Crippen molar-refractivity contribution in [2.24, 2.45) is 0 Å². The van der Waals surface area contributed by atoms with Crippen LogP contribution in [-0.4, -0.2) is 47.9 Å². The Bertz CT molecular complexity index is 761. The summed E-state index contributed by atoms with van der Waals surface area (Å²) in [6.45, 7) is 3.96. The second-order valence-electron chi connectivity index (χ2n) is 6.60. The van der Waals surface area contributed by atoms with Gasteiger partial charge in [-0.05, 0) is 49.7 Å². The molecule has 5 nitrogen and oxygen atoms in total. The molecule has 4 rings (SSSR count). The molecule has 25 heavy (non-hydrogen) atoms. The second-order valence-corrected chi connectivity index (χ2v) is 7.03. The van der Waals surface area contributed by atoms with E-state index in [1.807, 2.05) is 17.0 Å². The van der Waals surface area contributed by atoms with E-state index in [2.05, 4.69) is 4.90 Å². The Kier molecular flexibility index (Phi) is 4.68. The normalized spacial score (nSPS) is 20.5. The summed E-state index contributed by atoms with van der Waals surface area (Å²) in [6, 6.07) is 11.3. The highest BCUT2D eigenvalue weighted by atomic mass is 35.5. The van der Waals surface area contributed by atoms with E-state index in [1.54, 1.807) is 24.3 Å². The number of benzene rings is 1. The number of halogens is 1. The fraction of sp³-hybridized carbons (Fsp3) is 0.421. The van der Waals surface area contributed by atoms with Crippen molar-refractivity contribution in [3.05, 3.63) is 52.9 Å². The molecule has 0 N–H and O–H groups in total. The summed E-state index contributed by atoms with van der Waals surface area (Å²) in [5, 5.41) is 0.624. The highest BCUT2D eigenvalue weighted by Gasteiger charge is 2.33. The molecule has 2 saturated heterocycles. The average Bonchev–Trinajstić information content (AvgIpc) is 3.28. The van der Waals surface area contributed by atoms with Crippen LogP contribution < -0.4 is 4.74 Å². The average molecular weight is 361 g/mol. The van der Waals surface area contributed by atoms with Crippen LogP contribution in [0.25, 0.3) is 0 Å². The molecule has 1 aromatic heterocycles. The molecule has 0 bridgehead atoms. The van der Waals surface area contributed by atoms with Gasteiger partial charge in [0.25, 0.3) is 5.91 Å². The van der Waals surface area contributed by atoms with E-state index >= 15 is 0 Å². The lowest BCUT2D eigenvalue weighted by Crippen LogP contribution is -2.51. The van der Waals surface area contributed by atoms with E-state index in [0.29, 0.717) is 28.3 Å². The van der Waals surface area contributed by atoms with Crippen LogP contribution in [0.1, 0.15) is 29.2 Å². The van der Waals surface area contributed by atoms with Gasteiger partial charge in [0.15, 0.2) is 5.76 Å². The van der Waals surface area contributed by atoms with Crippen molar-refractivity contribution in [2.45, 2.75) is 25.5 Å². The van der Waals surface area contributed by atoms with Crippen molar-refractivity contribution in [3.63, 3.8) is 0 Å². The molecule has 0 spiro atoms. The Morgan fingerprint density at radius 1 is 1.24 bits per heavy atom. The van der Waals surface area contributed by atoms with Crippen molar-refractivity contribution < 1.29 is 13.9 Å². The van der Waals surface area contributed by atoms with Gasteiger partial charge in [0.1, 0.15) is 18.1 Å². The molecule has 2 fully saturated rings. The Morgan fingerprint density at radius 2 is 2.16 bits per heavy atom. The monoisotopic (exact) mass is 360 g/mol. The van der Waals surface area contributed by atoms with Gasteiger partial charge < -0.3 is 14.1 Å². The fourth-order valence-corrected chi connectivity index (χ4v) is 3.79. The van der Waals surface area contributed by atoms with E-state index in [0.717, 1.165) is 19.6 Å². The molecule has 0 saturated carbocycles. The van der Waals surface area contributed by atoms with Crippen LogP contribution in [0, 0.1) is 0 Å². The molecule has 132 valence electrons. The Labute approximate surface area is 152 Å². The summed E-state index contributed by atoms with van der Waals surface area (Å²) in [4.78, 5) is 17.1. The largest absolute Gasteiger partial charge is 0.486 e. The zero-order valence-electron chi connectivity index (χ0n) is 14.0. The number of carbonyl (C=O) groups is 1. The minimum atomic E-state index is -0.0273.